The average molecular weight is 862 g/mol. The summed E-state index contributed by atoms with van der Waals surface area (Å²) in [5.41, 5.74) is 20.8. The average Bonchev–Trinajstić information content (AvgIpc) is 3.15. The van der Waals surface area contributed by atoms with Gasteiger partial charge in [-0.3, -0.25) is 52.9 Å². The number of carboxylic acid groups (broad SMARTS) is 2. The summed E-state index contributed by atoms with van der Waals surface area (Å²) in [5, 5.41) is 55.9. The maximum Gasteiger partial charge on any atom is 0.326 e. The number of nitrogens with one attached hydrogen (secondary N) is 8. The Morgan fingerprint density at radius 1 is 0.617 bits per heavy atom. The molecule has 0 rings (SSSR count). The zero-order valence-corrected chi connectivity index (χ0v) is 33.0. The normalized spacial score (nSPS) is 14.6. The van der Waals surface area contributed by atoms with Crippen molar-refractivity contribution in [2.24, 2.45) is 27.9 Å². The van der Waals surface area contributed by atoms with Crippen molar-refractivity contribution in [3.05, 3.63) is 0 Å². The highest BCUT2D eigenvalue weighted by molar-refractivity contribution is 5.98. The van der Waals surface area contributed by atoms with Gasteiger partial charge in [-0.2, -0.15) is 0 Å². The lowest BCUT2D eigenvalue weighted by atomic mass is 10.1. The first-order valence-corrected chi connectivity index (χ1v) is 18.1. The van der Waals surface area contributed by atoms with Crippen LogP contribution >= 0.6 is 0 Å². The summed E-state index contributed by atoms with van der Waals surface area (Å²) in [6.45, 7) is 1.14. The molecule has 0 aliphatic heterocycles. The molecule has 20 N–H and O–H groups in total. The number of aliphatic imine (C=N–C) groups is 1. The van der Waals surface area contributed by atoms with Gasteiger partial charge >= 0.3 is 11.9 Å². The van der Waals surface area contributed by atoms with E-state index in [-0.39, 0.29) is 38.2 Å². The van der Waals surface area contributed by atoms with Crippen molar-refractivity contribution in [2.75, 3.05) is 26.2 Å². The first-order chi connectivity index (χ1) is 27.9. The molecule has 8 atom stereocenters. The molecule has 0 spiro atoms. The van der Waals surface area contributed by atoms with E-state index in [4.69, 9.17) is 22.9 Å². The molecule has 0 fully saturated rings. The zero-order chi connectivity index (χ0) is 46.3. The van der Waals surface area contributed by atoms with Gasteiger partial charge in [0.05, 0.1) is 32.2 Å². The lowest BCUT2D eigenvalue weighted by Gasteiger charge is -2.26. The molecule has 28 heteroatoms. The van der Waals surface area contributed by atoms with Gasteiger partial charge in [0.1, 0.15) is 42.3 Å². The predicted octanol–water partition coefficient (Wildman–Crippen LogP) is -9.25. The molecule has 0 aromatic carbocycles. The van der Waals surface area contributed by atoms with Crippen LogP contribution in [0.15, 0.2) is 4.99 Å². The summed E-state index contributed by atoms with van der Waals surface area (Å²) in [6, 6.07) is -11.2. The summed E-state index contributed by atoms with van der Waals surface area (Å²) in [7, 11) is 0. The van der Waals surface area contributed by atoms with E-state index in [1.54, 1.807) is 0 Å². The number of nitrogens with two attached hydrogens (primary N) is 4. The second-order valence-electron chi connectivity index (χ2n) is 13.0. The van der Waals surface area contributed by atoms with Gasteiger partial charge in [0.15, 0.2) is 5.96 Å². The van der Waals surface area contributed by atoms with Crippen molar-refractivity contribution >= 4 is 71.1 Å². The molecular weight excluding hydrogens is 806 g/mol. The van der Waals surface area contributed by atoms with Crippen LogP contribution in [-0.2, 0) is 52.7 Å². The number of carbonyl (C=O) groups is 11. The smallest absolute Gasteiger partial charge is 0.326 e. The highest BCUT2D eigenvalue weighted by Gasteiger charge is 2.34. The highest BCUT2D eigenvalue weighted by Crippen LogP contribution is 2.03. The molecule has 0 aliphatic carbocycles. The number of aliphatic hydroxyl groups excluding tert-OH is 2. The Hall–Kier alpha value is -6.68. The summed E-state index contributed by atoms with van der Waals surface area (Å²) in [4.78, 5) is 139. The second-order valence-corrected chi connectivity index (χ2v) is 13.0. The van der Waals surface area contributed by atoms with E-state index >= 15 is 0 Å². The van der Waals surface area contributed by atoms with Gasteiger partial charge < -0.3 is 85.9 Å². The molecular formula is C32H55N13O15. The number of guanidine groups is 1. The Bertz CT molecular complexity index is 1610. The molecule has 60 heavy (non-hydrogen) atoms. The van der Waals surface area contributed by atoms with Gasteiger partial charge in [0.2, 0.25) is 53.2 Å². The fourth-order valence-corrected chi connectivity index (χ4v) is 4.69. The summed E-state index contributed by atoms with van der Waals surface area (Å²) < 4.78 is 0. The van der Waals surface area contributed by atoms with Crippen LogP contribution in [0.1, 0.15) is 52.9 Å². The molecule has 0 bridgehead atoms. The fraction of sp³-hybridized carbons (Fsp3) is 0.625. The van der Waals surface area contributed by atoms with E-state index in [0.717, 1.165) is 13.8 Å². The number of rotatable bonds is 28. The number of carbonyl (C=O) groups excluding carboxylic acids is 9. The van der Waals surface area contributed by atoms with E-state index in [1.165, 1.54) is 6.92 Å². The van der Waals surface area contributed by atoms with Crippen LogP contribution in [0.25, 0.3) is 0 Å². The third kappa shape index (κ3) is 21.2. The van der Waals surface area contributed by atoms with Crippen LogP contribution in [0, 0.1) is 0 Å². The molecule has 0 aliphatic rings. The number of aliphatic hydroxyl groups is 2. The third-order valence-electron chi connectivity index (χ3n) is 7.91. The maximum atomic E-state index is 13.2. The van der Waals surface area contributed by atoms with Gasteiger partial charge in [0, 0.05) is 13.0 Å². The Kier molecular flexibility index (Phi) is 24.1. The molecule has 338 valence electrons. The number of hydrogen-bond donors (Lipinski definition) is 16. The minimum absolute atomic E-state index is 0.0179. The Balaban J connectivity index is 5.62. The minimum Gasteiger partial charge on any atom is -0.481 e. The van der Waals surface area contributed by atoms with Gasteiger partial charge in [-0.1, -0.05) is 0 Å². The molecule has 0 saturated heterocycles. The predicted molar refractivity (Wildman–Crippen MR) is 204 cm³/mol. The Morgan fingerprint density at radius 3 is 1.67 bits per heavy atom. The van der Waals surface area contributed by atoms with Crippen LogP contribution in [0.5, 0.6) is 0 Å². The Labute approximate surface area is 342 Å². The quantitative estimate of drug-likeness (QED) is 0.0197. The van der Waals surface area contributed by atoms with Gasteiger partial charge in [-0.25, -0.2) is 4.79 Å². The standard InChI is InChI=1S/C32H55N13O15/c1-13(25(53)38-11-22(50)42-17(31(59)60)6-7-20(34)48)40-30(58)24(15(3)47)45-28(56)18(9-23(51)52)43-29(57)19(12-46)44-26(54)14(2)39-27(55)16(41-21(49)10-33)5-4-8-37-32(35)36/h13-19,24,46-47H,4-12,33H2,1-3H3,(H2,34,48)(H,38,53)(H,39,55)(H,40,58)(H,41,49)(H,42,50)(H,43,57)(H,44,54)(H,45,56)(H,51,52)(H,59,60)(H4,35,36,37)/t13-,14-,15+,16-,17-,18-,19-,24-/m0/s1. The van der Waals surface area contributed by atoms with Gasteiger partial charge in [-0.05, 0) is 40.0 Å². The first kappa shape index (κ1) is 53.3. The molecule has 28 nitrogen and oxygen atoms in total. The van der Waals surface area contributed by atoms with Crippen LogP contribution in [-0.4, -0.2) is 166 Å². The van der Waals surface area contributed by atoms with E-state index < -0.39 is 140 Å². The number of hydrogen-bond acceptors (Lipinski definition) is 15. The largest absolute Gasteiger partial charge is 0.481 e. The summed E-state index contributed by atoms with van der Waals surface area (Å²) in [6.07, 6.45) is -3.26. The SMILES string of the molecule is C[C@H](NC(=O)[C@H](CCCN=C(N)N)NC(=O)CN)C(=O)N[C@@H](CO)C(=O)N[C@@H](CC(=O)O)C(=O)N[C@H](C(=O)N[C@@H](C)C(=O)NCC(=O)N[C@@H](CCC(N)=O)C(=O)O)[C@@H](C)O. The lowest BCUT2D eigenvalue weighted by Crippen LogP contribution is -2.61. The molecule has 0 saturated carbocycles. The van der Waals surface area contributed by atoms with Crippen molar-refractivity contribution in [1.29, 1.82) is 0 Å². The number of aliphatic carboxylic acids is 2. The minimum atomic E-state index is -1.99. The first-order valence-electron chi connectivity index (χ1n) is 18.1. The Morgan fingerprint density at radius 2 is 1.15 bits per heavy atom. The number of nitrogens with zero attached hydrogens (tertiary/aromatic N) is 1. The number of primary amides is 1. The van der Waals surface area contributed by atoms with E-state index in [0.29, 0.717) is 0 Å². The lowest BCUT2D eigenvalue weighted by molar-refractivity contribution is -0.142. The third-order valence-corrected chi connectivity index (χ3v) is 7.91. The maximum absolute atomic E-state index is 13.2. The fourth-order valence-electron chi connectivity index (χ4n) is 4.69. The summed E-state index contributed by atoms with van der Waals surface area (Å²) >= 11 is 0. The molecule has 0 aromatic heterocycles. The van der Waals surface area contributed by atoms with Crippen LogP contribution < -0.4 is 65.5 Å². The molecule has 9 amide bonds. The van der Waals surface area contributed by atoms with Crippen molar-refractivity contribution in [2.45, 2.75) is 101 Å². The topological polar surface area (TPSA) is 481 Å². The molecule has 0 heterocycles. The number of amides is 9. The van der Waals surface area contributed by atoms with Crippen LogP contribution in [0.4, 0.5) is 0 Å². The van der Waals surface area contributed by atoms with Crippen molar-refractivity contribution in [3.63, 3.8) is 0 Å². The monoisotopic (exact) mass is 861 g/mol. The van der Waals surface area contributed by atoms with E-state index in [1.807, 2.05) is 10.6 Å². The van der Waals surface area contributed by atoms with E-state index in [2.05, 4.69) is 36.9 Å². The summed E-state index contributed by atoms with van der Waals surface area (Å²) in [5.74, 6) is -12.5. The van der Waals surface area contributed by atoms with Crippen LogP contribution in [0.3, 0.4) is 0 Å². The highest BCUT2D eigenvalue weighted by atomic mass is 16.4. The zero-order valence-electron chi connectivity index (χ0n) is 33.0. The van der Waals surface area contributed by atoms with Gasteiger partial charge in [-0.15, -0.1) is 0 Å². The van der Waals surface area contributed by atoms with Crippen molar-refractivity contribution < 1.29 is 73.2 Å². The molecule has 0 aromatic rings. The number of carboxylic acids is 2. The van der Waals surface area contributed by atoms with Gasteiger partial charge in [0.25, 0.3) is 0 Å². The van der Waals surface area contributed by atoms with Crippen molar-refractivity contribution in [1.82, 2.24) is 42.5 Å². The molecule has 0 radical (unpaired) electrons. The van der Waals surface area contributed by atoms with Crippen LogP contribution in [0.2, 0.25) is 0 Å². The van der Waals surface area contributed by atoms with Crippen molar-refractivity contribution in [3.8, 4) is 0 Å². The molecule has 0 unspecified atom stereocenters. The van der Waals surface area contributed by atoms with E-state index in [9.17, 15) is 73.2 Å². The second kappa shape index (κ2) is 27.1.